The van der Waals surface area contributed by atoms with Gasteiger partial charge in [0.15, 0.2) is 0 Å². The number of rotatable bonds is 7. The number of nitrogens with zero attached hydrogens (tertiary/aromatic N) is 3. The minimum absolute atomic E-state index is 0.00187. The van der Waals surface area contributed by atoms with Crippen molar-refractivity contribution in [2.75, 3.05) is 32.8 Å². The lowest BCUT2D eigenvalue weighted by Gasteiger charge is -2.38. The van der Waals surface area contributed by atoms with Crippen molar-refractivity contribution in [2.45, 2.75) is 68.5 Å². The molecule has 8 heteroatoms. The van der Waals surface area contributed by atoms with Gasteiger partial charge in [-0.1, -0.05) is 44.6 Å². The number of aliphatic hydroxyl groups is 1. The van der Waals surface area contributed by atoms with E-state index in [9.17, 15) is 19.5 Å². The van der Waals surface area contributed by atoms with Gasteiger partial charge in [0.1, 0.15) is 6.04 Å². The Morgan fingerprint density at radius 3 is 2.42 bits per heavy atom. The first-order chi connectivity index (χ1) is 15.8. The van der Waals surface area contributed by atoms with Crippen LogP contribution in [0.5, 0.6) is 0 Å². The number of amides is 3. The van der Waals surface area contributed by atoms with Crippen LogP contribution < -0.4 is 0 Å². The Hall–Kier alpha value is -1.80. The van der Waals surface area contributed by atoms with Gasteiger partial charge in [-0.25, -0.2) is 0 Å². The molecule has 4 aliphatic heterocycles. The van der Waals surface area contributed by atoms with Crippen molar-refractivity contribution in [2.24, 2.45) is 11.8 Å². The average molecular weight is 476 g/mol. The number of thioether (sulfide) groups is 1. The molecule has 4 aliphatic rings. The quantitative estimate of drug-likeness (QED) is 0.570. The van der Waals surface area contributed by atoms with Crippen LogP contribution in [0.25, 0.3) is 0 Å². The Morgan fingerprint density at radius 1 is 1.03 bits per heavy atom. The number of hydrogen-bond acceptors (Lipinski definition) is 5. The van der Waals surface area contributed by atoms with Crippen molar-refractivity contribution < 1.29 is 19.5 Å². The van der Waals surface area contributed by atoms with Gasteiger partial charge in [0.05, 0.1) is 23.2 Å². The zero-order chi connectivity index (χ0) is 24.0. The molecular formula is C25H37N3O4S. The highest BCUT2D eigenvalue weighted by Crippen LogP contribution is 2.65. The maximum absolute atomic E-state index is 14.0. The Bertz CT molecular complexity index is 876. The van der Waals surface area contributed by atoms with E-state index in [1.807, 2.05) is 41.9 Å². The fraction of sp³-hybridized carbons (Fsp3) is 0.720. The second-order valence-corrected chi connectivity index (χ2v) is 11.8. The lowest BCUT2D eigenvalue weighted by Crippen LogP contribution is -2.55. The minimum Gasteiger partial charge on any atom is -0.395 e. The van der Waals surface area contributed by atoms with Crippen LogP contribution in [0.2, 0.25) is 0 Å². The summed E-state index contributed by atoms with van der Waals surface area (Å²) in [5, 5.41) is 9.77. The van der Waals surface area contributed by atoms with E-state index in [1.165, 1.54) is 0 Å². The van der Waals surface area contributed by atoms with Crippen LogP contribution in [0.3, 0.4) is 0 Å². The van der Waals surface area contributed by atoms with Gasteiger partial charge < -0.3 is 19.8 Å². The van der Waals surface area contributed by atoms with Crippen molar-refractivity contribution in [3.8, 4) is 0 Å². The molecule has 0 saturated carbocycles. The molecule has 6 atom stereocenters. The maximum Gasteiger partial charge on any atom is 0.247 e. The lowest BCUT2D eigenvalue weighted by atomic mass is 9.74. The fourth-order valence-electron chi connectivity index (χ4n) is 6.38. The van der Waals surface area contributed by atoms with Crippen molar-refractivity contribution in [3.05, 3.63) is 24.3 Å². The molecule has 1 N–H and O–H groups in total. The molecule has 0 bridgehead atoms. The van der Waals surface area contributed by atoms with E-state index < -0.39 is 27.4 Å². The Kier molecular flexibility index (Phi) is 6.71. The Labute approximate surface area is 201 Å². The summed E-state index contributed by atoms with van der Waals surface area (Å²) in [4.78, 5) is 47.0. The summed E-state index contributed by atoms with van der Waals surface area (Å²) in [6, 6.07) is -0.656. The molecule has 4 rings (SSSR count). The first-order valence-electron chi connectivity index (χ1n) is 12.3. The van der Waals surface area contributed by atoms with E-state index in [0.717, 1.165) is 19.3 Å². The zero-order valence-electron chi connectivity index (χ0n) is 20.2. The van der Waals surface area contributed by atoms with E-state index in [2.05, 4.69) is 19.9 Å². The number of hydrogen-bond donors (Lipinski definition) is 1. The molecule has 7 nitrogen and oxygen atoms in total. The average Bonchev–Trinajstić information content (AvgIpc) is 3.02. The Morgan fingerprint density at radius 2 is 1.76 bits per heavy atom. The molecule has 0 aliphatic carbocycles. The first-order valence-corrected chi connectivity index (χ1v) is 13.1. The smallest absolute Gasteiger partial charge is 0.247 e. The summed E-state index contributed by atoms with van der Waals surface area (Å²) in [5.74, 6) is -1.42. The fourth-order valence-corrected chi connectivity index (χ4v) is 8.54. The summed E-state index contributed by atoms with van der Waals surface area (Å²) in [5.41, 5.74) is 0. The van der Waals surface area contributed by atoms with Crippen LogP contribution in [0.1, 0.15) is 47.0 Å². The molecule has 3 amide bonds. The molecule has 2 fully saturated rings. The highest BCUT2D eigenvalue weighted by molar-refractivity contribution is 8.02. The third-order valence-corrected chi connectivity index (χ3v) is 9.54. The normalized spacial score (nSPS) is 36.6. The van der Waals surface area contributed by atoms with Crippen LogP contribution in [-0.4, -0.2) is 91.9 Å². The predicted molar refractivity (Wildman–Crippen MR) is 130 cm³/mol. The van der Waals surface area contributed by atoms with Crippen molar-refractivity contribution >= 4 is 29.5 Å². The van der Waals surface area contributed by atoms with Gasteiger partial charge in [-0.2, -0.15) is 0 Å². The van der Waals surface area contributed by atoms with Crippen LogP contribution in [0, 0.1) is 11.8 Å². The van der Waals surface area contributed by atoms with E-state index >= 15 is 0 Å². The monoisotopic (exact) mass is 475 g/mol. The van der Waals surface area contributed by atoms with Crippen LogP contribution in [0.4, 0.5) is 0 Å². The number of aliphatic hydroxyl groups excluding tert-OH is 1. The van der Waals surface area contributed by atoms with E-state index in [-0.39, 0.29) is 36.9 Å². The van der Waals surface area contributed by atoms with Gasteiger partial charge in [0.25, 0.3) is 0 Å². The molecule has 0 aromatic rings. The summed E-state index contributed by atoms with van der Waals surface area (Å²) in [7, 11) is 0. The molecular weight excluding hydrogens is 438 g/mol. The van der Waals surface area contributed by atoms with E-state index in [0.29, 0.717) is 19.6 Å². The molecule has 2 saturated heterocycles. The largest absolute Gasteiger partial charge is 0.395 e. The molecule has 33 heavy (non-hydrogen) atoms. The summed E-state index contributed by atoms with van der Waals surface area (Å²) in [6.45, 7) is 9.83. The SMILES string of the molecule is CCCC(C)N1CC=C[C@]23S[C@]4(C)C=CCN(CCC)C(=O)[C@@H]4[C@H]2C(=O)N(CCO)C3C1=O. The van der Waals surface area contributed by atoms with Gasteiger partial charge in [-0.15, -0.1) is 11.8 Å². The number of fused-ring (bicyclic) bond motifs is 2. The number of β-amino-alcohol motifs (C(OH)–C–C–N with tert-alkyl or cyclic N) is 1. The molecule has 2 unspecified atom stereocenters. The lowest BCUT2D eigenvalue weighted by molar-refractivity contribution is -0.145. The van der Waals surface area contributed by atoms with Crippen LogP contribution in [-0.2, 0) is 14.4 Å². The number of likely N-dealkylation sites (tertiary alicyclic amines) is 1. The molecule has 0 aromatic heterocycles. The van der Waals surface area contributed by atoms with Crippen molar-refractivity contribution in [1.29, 1.82) is 0 Å². The van der Waals surface area contributed by atoms with E-state index in [1.54, 1.807) is 16.7 Å². The second-order valence-electron chi connectivity index (χ2n) is 9.97. The molecule has 0 aromatic carbocycles. The molecule has 182 valence electrons. The second kappa shape index (κ2) is 9.10. The summed E-state index contributed by atoms with van der Waals surface area (Å²) in [6.07, 6.45) is 10.9. The van der Waals surface area contributed by atoms with Gasteiger partial charge in [-0.05, 0) is 26.7 Å². The van der Waals surface area contributed by atoms with Crippen LogP contribution >= 0.6 is 11.8 Å². The third kappa shape index (κ3) is 3.64. The van der Waals surface area contributed by atoms with Crippen molar-refractivity contribution in [1.82, 2.24) is 14.7 Å². The molecule has 1 spiro atoms. The van der Waals surface area contributed by atoms with Crippen molar-refractivity contribution in [3.63, 3.8) is 0 Å². The highest BCUT2D eigenvalue weighted by atomic mass is 32.2. The minimum atomic E-state index is -0.821. The first kappa shape index (κ1) is 24.3. The number of carbonyl (C=O) groups excluding carboxylic acids is 3. The van der Waals surface area contributed by atoms with Crippen LogP contribution in [0.15, 0.2) is 24.3 Å². The molecule has 0 radical (unpaired) electrons. The summed E-state index contributed by atoms with van der Waals surface area (Å²) >= 11 is 1.60. The van der Waals surface area contributed by atoms with Gasteiger partial charge >= 0.3 is 0 Å². The highest BCUT2D eigenvalue weighted by Gasteiger charge is 2.73. The molecule has 4 heterocycles. The zero-order valence-corrected chi connectivity index (χ0v) is 21.0. The topological polar surface area (TPSA) is 81.2 Å². The third-order valence-electron chi connectivity index (χ3n) is 7.74. The van der Waals surface area contributed by atoms with Gasteiger partial charge in [0.2, 0.25) is 17.7 Å². The van der Waals surface area contributed by atoms with Gasteiger partial charge in [0, 0.05) is 37.0 Å². The summed E-state index contributed by atoms with van der Waals surface area (Å²) < 4.78 is -1.39. The standard InChI is InChI=1S/C25H37N3O4S/c1-5-9-17(3)27-14-8-11-25-19(22(31)28(15-16-29)20(25)23(27)32)18-21(30)26(12-6-2)13-7-10-24(18,4)33-25/h7-8,10-11,17-20,29H,5-6,9,12-16H2,1-4H3/t17?,18-,19-,20?,24+,25-/m0/s1. The van der Waals surface area contributed by atoms with Gasteiger partial charge in [-0.3, -0.25) is 14.4 Å². The number of carbonyl (C=O) groups is 3. The predicted octanol–water partition coefficient (Wildman–Crippen LogP) is 2.06. The Balaban J connectivity index is 1.83. The van der Waals surface area contributed by atoms with E-state index in [4.69, 9.17) is 0 Å². The maximum atomic E-state index is 14.0.